The molecule has 7 heteroatoms. The zero-order valence-corrected chi connectivity index (χ0v) is 14.0. The second-order valence-electron chi connectivity index (χ2n) is 6.40. The van der Waals surface area contributed by atoms with Crippen LogP contribution in [-0.4, -0.2) is 40.3 Å². The zero-order valence-electron chi connectivity index (χ0n) is 14.0. The van der Waals surface area contributed by atoms with Crippen molar-refractivity contribution >= 4 is 6.03 Å². The van der Waals surface area contributed by atoms with E-state index in [0.29, 0.717) is 30.3 Å². The lowest BCUT2D eigenvalue weighted by molar-refractivity contribution is 0.0683. The first-order valence-electron chi connectivity index (χ1n) is 8.67. The number of fused-ring (bicyclic) bond motifs is 1. The molecule has 0 radical (unpaired) electrons. The van der Waals surface area contributed by atoms with E-state index in [9.17, 15) is 4.79 Å². The van der Waals surface area contributed by atoms with Gasteiger partial charge in [-0.05, 0) is 45.4 Å². The number of urea groups is 1. The first-order chi connectivity index (χ1) is 11.2. The summed E-state index contributed by atoms with van der Waals surface area (Å²) in [6.45, 7) is 5.51. The number of nitrogens with one attached hydrogen (secondary N) is 1. The minimum atomic E-state index is -0.199. The van der Waals surface area contributed by atoms with Crippen molar-refractivity contribution in [2.75, 3.05) is 13.2 Å². The standard InChI is InChI=1S/C16H26N4O3/c1-3-22-11(2)15-18-14(23-19-15)10-17-16(21)20-9-5-7-12-6-4-8-13(12)20/h11-13H,3-10H2,1-2H3,(H,17,21)/t11-,12+,13-/m1/s1. The molecule has 1 aromatic rings. The third-order valence-corrected chi connectivity index (χ3v) is 4.91. The molecule has 0 unspecified atom stereocenters. The van der Waals surface area contributed by atoms with Gasteiger partial charge in [-0.15, -0.1) is 0 Å². The summed E-state index contributed by atoms with van der Waals surface area (Å²) >= 11 is 0. The summed E-state index contributed by atoms with van der Waals surface area (Å²) in [5.41, 5.74) is 0. The Balaban J connectivity index is 1.52. The second kappa shape index (κ2) is 7.29. The number of hydrogen-bond donors (Lipinski definition) is 1. The maximum absolute atomic E-state index is 12.5. The number of carbonyl (C=O) groups is 1. The summed E-state index contributed by atoms with van der Waals surface area (Å²) in [4.78, 5) is 18.7. The minimum Gasteiger partial charge on any atom is -0.371 e. The van der Waals surface area contributed by atoms with E-state index in [0.717, 1.165) is 19.4 Å². The smallest absolute Gasteiger partial charge is 0.318 e. The summed E-state index contributed by atoms with van der Waals surface area (Å²) in [6, 6.07) is 0.402. The summed E-state index contributed by atoms with van der Waals surface area (Å²) in [7, 11) is 0. The van der Waals surface area contributed by atoms with Crippen molar-refractivity contribution in [3.8, 4) is 0 Å². The summed E-state index contributed by atoms with van der Waals surface area (Å²) in [6.07, 6.45) is 5.80. The van der Waals surface area contributed by atoms with E-state index < -0.39 is 0 Å². The molecule has 2 heterocycles. The minimum absolute atomic E-state index is 0.0146. The van der Waals surface area contributed by atoms with Crippen LogP contribution in [0.5, 0.6) is 0 Å². The number of piperidine rings is 1. The molecule has 2 aliphatic rings. The molecule has 0 aromatic carbocycles. The number of amides is 2. The van der Waals surface area contributed by atoms with Crippen molar-refractivity contribution in [2.45, 2.75) is 64.6 Å². The fourth-order valence-corrected chi connectivity index (χ4v) is 3.79. The van der Waals surface area contributed by atoms with Gasteiger partial charge in [-0.1, -0.05) is 11.6 Å². The first kappa shape index (κ1) is 16.2. The quantitative estimate of drug-likeness (QED) is 0.901. The number of likely N-dealkylation sites (tertiary alicyclic amines) is 1. The molecule has 0 spiro atoms. The highest BCUT2D eigenvalue weighted by Gasteiger charge is 2.37. The van der Waals surface area contributed by atoms with Crippen LogP contribution in [0.2, 0.25) is 0 Å². The van der Waals surface area contributed by atoms with Crippen molar-refractivity contribution in [1.82, 2.24) is 20.4 Å². The molecule has 7 nitrogen and oxygen atoms in total. The molecule has 0 bridgehead atoms. The first-order valence-corrected chi connectivity index (χ1v) is 8.67. The maximum atomic E-state index is 12.5. The maximum Gasteiger partial charge on any atom is 0.318 e. The number of nitrogens with zero attached hydrogens (tertiary/aromatic N) is 3. The molecule has 1 saturated heterocycles. The van der Waals surface area contributed by atoms with Gasteiger partial charge in [-0.3, -0.25) is 0 Å². The predicted molar refractivity (Wildman–Crippen MR) is 83.6 cm³/mol. The van der Waals surface area contributed by atoms with Gasteiger partial charge in [0.2, 0.25) is 5.89 Å². The number of aromatic nitrogens is 2. The van der Waals surface area contributed by atoms with Crippen LogP contribution >= 0.6 is 0 Å². The Labute approximate surface area is 136 Å². The van der Waals surface area contributed by atoms with Gasteiger partial charge in [0.15, 0.2) is 5.82 Å². The number of hydrogen-bond acceptors (Lipinski definition) is 5. The molecule has 1 saturated carbocycles. The van der Waals surface area contributed by atoms with Gasteiger partial charge in [0.05, 0.1) is 6.54 Å². The fraction of sp³-hybridized carbons (Fsp3) is 0.812. The van der Waals surface area contributed by atoms with E-state index in [1.54, 1.807) is 0 Å². The van der Waals surface area contributed by atoms with Crippen LogP contribution in [0.25, 0.3) is 0 Å². The largest absolute Gasteiger partial charge is 0.371 e. The van der Waals surface area contributed by atoms with Crippen molar-refractivity contribution in [3.63, 3.8) is 0 Å². The molecule has 2 amide bonds. The van der Waals surface area contributed by atoms with Gasteiger partial charge >= 0.3 is 6.03 Å². The Hall–Kier alpha value is -1.63. The van der Waals surface area contributed by atoms with Crippen LogP contribution in [0.15, 0.2) is 4.52 Å². The molecule has 1 aliphatic heterocycles. The van der Waals surface area contributed by atoms with Crippen molar-refractivity contribution in [3.05, 3.63) is 11.7 Å². The van der Waals surface area contributed by atoms with Crippen LogP contribution in [0.4, 0.5) is 4.79 Å². The summed E-state index contributed by atoms with van der Waals surface area (Å²) in [5.74, 6) is 1.63. The molecule has 1 aliphatic carbocycles. The molecular weight excluding hydrogens is 296 g/mol. The van der Waals surface area contributed by atoms with E-state index in [-0.39, 0.29) is 18.7 Å². The summed E-state index contributed by atoms with van der Waals surface area (Å²) in [5, 5.41) is 6.82. The lowest BCUT2D eigenvalue weighted by Gasteiger charge is -2.37. The van der Waals surface area contributed by atoms with Crippen LogP contribution in [-0.2, 0) is 11.3 Å². The molecule has 1 N–H and O–H groups in total. The topological polar surface area (TPSA) is 80.5 Å². The molecule has 3 rings (SSSR count). The number of ether oxygens (including phenoxy) is 1. The number of rotatable bonds is 5. The van der Waals surface area contributed by atoms with Gasteiger partial charge in [0.1, 0.15) is 6.10 Å². The van der Waals surface area contributed by atoms with Gasteiger partial charge in [-0.25, -0.2) is 4.79 Å². The van der Waals surface area contributed by atoms with E-state index in [4.69, 9.17) is 9.26 Å². The second-order valence-corrected chi connectivity index (χ2v) is 6.40. The normalized spacial score (nSPS) is 25.2. The average Bonchev–Trinajstić information content (AvgIpc) is 3.21. The Morgan fingerprint density at radius 1 is 1.43 bits per heavy atom. The highest BCUT2D eigenvalue weighted by atomic mass is 16.5. The van der Waals surface area contributed by atoms with Crippen molar-refractivity contribution < 1.29 is 14.1 Å². The van der Waals surface area contributed by atoms with Crippen molar-refractivity contribution in [2.24, 2.45) is 5.92 Å². The van der Waals surface area contributed by atoms with Crippen LogP contribution < -0.4 is 5.32 Å². The van der Waals surface area contributed by atoms with E-state index in [2.05, 4.69) is 15.5 Å². The Morgan fingerprint density at radius 3 is 3.09 bits per heavy atom. The predicted octanol–water partition coefficient (Wildman–Crippen LogP) is 2.64. The third kappa shape index (κ3) is 3.65. The zero-order chi connectivity index (χ0) is 16.2. The molecule has 128 valence electrons. The lowest BCUT2D eigenvalue weighted by atomic mass is 9.92. The highest BCUT2D eigenvalue weighted by molar-refractivity contribution is 5.74. The monoisotopic (exact) mass is 322 g/mol. The lowest BCUT2D eigenvalue weighted by Crippen LogP contribution is -2.50. The molecular formula is C16H26N4O3. The molecule has 23 heavy (non-hydrogen) atoms. The molecule has 2 fully saturated rings. The van der Waals surface area contributed by atoms with Gasteiger partial charge in [0.25, 0.3) is 0 Å². The van der Waals surface area contributed by atoms with Crippen LogP contribution in [0.3, 0.4) is 0 Å². The van der Waals surface area contributed by atoms with Crippen LogP contribution in [0.1, 0.15) is 63.8 Å². The molecule has 3 atom stereocenters. The summed E-state index contributed by atoms with van der Waals surface area (Å²) < 4.78 is 10.6. The van der Waals surface area contributed by atoms with Gasteiger partial charge < -0.3 is 19.5 Å². The Bertz CT molecular complexity index is 533. The van der Waals surface area contributed by atoms with E-state index in [1.807, 2.05) is 18.7 Å². The molecule has 1 aromatic heterocycles. The fourth-order valence-electron chi connectivity index (χ4n) is 3.79. The van der Waals surface area contributed by atoms with E-state index in [1.165, 1.54) is 19.3 Å². The van der Waals surface area contributed by atoms with Gasteiger partial charge in [0, 0.05) is 19.2 Å². The highest BCUT2D eigenvalue weighted by Crippen LogP contribution is 2.36. The van der Waals surface area contributed by atoms with Crippen LogP contribution in [0, 0.1) is 5.92 Å². The van der Waals surface area contributed by atoms with Crippen molar-refractivity contribution in [1.29, 1.82) is 0 Å². The van der Waals surface area contributed by atoms with E-state index >= 15 is 0 Å². The third-order valence-electron chi connectivity index (χ3n) is 4.91. The average molecular weight is 322 g/mol. The Kier molecular flexibility index (Phi) is 5.15. The number of carbonyl (C=O) groups excluding carboxylic acids is 1. The van der Waals surface area contributed by atoms with Gasteiger partial charge in [-0.2, -0.15) is 4.98 Å². The Morgan fingerprint density at radius 2 is 2.26 bits per heavy atom. The SMILES string of the molecule is CCO[C@H](C)c1noc(CNC(=O)N2CCC[C@@H]3CCC[C@H]32)n1.